The standard InChI is InChI=1S/C13H22N2O6/c1-8(2)9(10(16)20-3)14-12(19)15-13(11(17)18)4-6-21-7-5-13/h8-9H,4-7H2,1-3H3,(H,17,18)(H2,14,15,19). The summed E-state index contributed by atoms with van der Waals surface area (Å²) in [6.45, 7) is 4.03. The first-order chi connectivity index (χ1) is 9.82. The van der Waals surface area contributed by atoms with Crippen molar-refractivity contribution in [3.63, 3.8) is 0 Å². The van der Waals surface area contributed by atoms with Gasteiger partial charge in [-0.2, -0.15) is 0 Å². The molecule has 8 nitrogen and oxygen atoms in total. The molecular formula is C13H22N2O6. The molecule has 1 rings (SSSR count). The van der Waals surface area contributed by atoms with Gasteiger partial charge in [0.15, 0.2) is 0 Å². The zero-order valence-electron chi connectivity index (χ0n) is 12.5. The van der Waals surface area contributed by atoms with Gasteiger partial charge in [0, 0.05) is 26.1 Å². The van der Waals surface area contributed by atoms with E-state index in [4.69, 9.17) is 4.74 Å². The Bertz CT molecular complexity index is 403. The van der Waals surface area contributed by atoms with Crippen molar-refractivity contribution in [1.29, 1.82) is 0 Å². The number of methoxy groups -OCH3 is 1. The number of amides is 2. The number of nitrogens with one attached hydrogen (secondary N) is 2. The van der Waals surface area contributed by atoms with Crippen LogP contribution in [0.4, 0.5) is 4.79 Å². The fourth-order valence-corrected chi connectivity index (χ4v) is 2.13. The lowest BCUT2D eigenvalue weighted by Gasteiger charge is -2.34. The van der Waals surface area contributed by atoms with Crippen molar-refractivity contribution < 1.29 is 29.0 Å². The fraction of sp³-hybridized carbons (Fsp3) is 0.769. The largest absolute Gasteiger partial charge is 0.480 e. The van der Waals surface area contributed by atoms with Gasteiger partial charge in [0.25, 0.3) is 0 Å². The summed E-state index contributed by atoms with van der Waals surface area (Å²) in [7, 11) is 1.23. The SMILES string of the molecule is COC(=O)C(NC(=O)NC1(C(=O)O)CCOCC1)C(C)C. The van der Waals surface area contributed by atoms with E-state index >= 15 is 0 Å². The predicted octanol–water partition coefficient (Wildman–Crippen LogP) is 0.117. The molecule has 120 valence electrons. The highest BCUT2D eigenvalue weighted by Crippen LogP contribution is 2.21. The second-order valence-electron chi connectivity index (χ2n) is 5.34. The summed E-state index contributed by atoms with van der Waals surface area (Å²) in [5.74, 6) is -1.87. The minimum Gasteiger partial charge on any atom is -0.480 e. The second-order valence-corrected chi connectivity index (χ2v) is 5.34. The Balaban J connectivity index is 2.73. The van der Waals surface area contributed by atoms with E-state index in [9.17, 15) is 19.5 Å². The lowest BCUT2D eigenvalue weighted by Crippen LogP contribution is -2.61. The van der Waals surface area contributed by atoms with Crippen LogP contribution in [0, 0.1) is 5.92 Å². The number of ether oxygens (including phenoxy) is 2. The maximum atomic E-state index is 12.0. The van der Waals surface area contributed by atoms with Crippen molar-refractivity contribution in [3.8, 4) is 0 Å². The van der Waals surface area contributed by atoms with E-state index < -0.39 is 29.6 Å². The van der Waals surface area contributed by atoms with Crippen LogP contribution in [0.5, 0.6) is 0 Å². The Morgan fingerprint density at radius 3 is 2.24 bits per heavy atom. The van der Waals surface area contributed by atoms with E-state index in [2.05, 4.69) is 15.4 Å². The smallest absolute Gasteiger partial charge is 0.329 e. The summed E-state index contributed by atoms with van der Waals surface area (Å²) in [6, 6.07) is -1.54. The molecule has 1 unspecified atom stereocenters. The van der Waals surface area contributed by atoms with Crippen LogP contribution in [-0.2, 0) is 19.1 Å². The van der Waals surface area contributed by atoms with E-state index in [-0.39, 0.29) is 32.0 Å². The Morgan fingerprint density at radius 1 is 1.24 bits per heavy atom. The van der Waals surface area contributed by atoms with Crippen LogP contribution in [0.3, 0.4) is 0 Å². The number of carbonyl (C=O) groups excluding carboxylic acids is 2. The van der Waals surface area contributed by atoms with Gasteiger partial charge in [-0.1, -0.05) is 13.8 Å². The van der Waals surface area contributed by atoms with E-state index in [1.807, 2.05) is 0 Å². The molecular weight excluding hydrogens is 280 g/mol. The molecule has 0 saturated carbocycles. The van der Waals surface area contributed by atoms with Gasteiger partial charge in [0.1, 0.15) is 11.6 Å². The van der Waals surface area contributed by atoms with Crippen molar-refractivity contribution in [1.82, 2.24) is 10.6 Å². The molecule has 1 saturated heterocycles. The molecule has 1 fully saturated rings. The maximum Gasteiger partial charge on any atom is 0.329 e. The Labute approximate surface area is 123 Å². The van der Waals surface area contributed by atoms with Crippen molar-refractivity contribution in [2.75, 3.05) is 20.3 Å². The summed E-state index contributed by atoms with van der Waals surface area (Å²) in [6.07, 6.45) is 0.362. The highest BCUT2D eigenvalue weighted by molar-refractivity contribution is 5.89. The molecule has 1 atom stereocenters. The molecule has 0 aromatic rings. The molecule has 1 heterocycles. The number of rotatable bonds is 5. The number of hydrogen-bond donors (Lipinski definition) is 3. The normalized spacial score (nSPS) is 18.7. The van der Waals surface area contributed by atoms with E-state index in [0.29, 0.717) is 0 Å². The van der Waals surface area contributed by atoms with Crippen LogP contribution in [0.1, 0.15) is 26.7 Å². The summed E-state index contributed by atoms with van der Waals surface area (Å²) in [5.41, 5.74) is -1.36. The van der Waals surface area contributed by atoms with Gasteiger partial charge in [-0.25, -0.2) is 14.4 Å². The number of carboxylic acid groups (broad SMARTS) is 1. The molecule has 1 aliphatic rings. The summed E-state index contributed by atoms with van der Waals surface area (Å²) >= 11 is 0. The molecule has 8 heteroatoms. The molecule has 0 spiro atoms. The maximum absolute atomic E-state index is 12.0. The molecule has 0 aromatic heterocycles. The monoisotopic (exact) mass is 302 g/mol. The van der Waals surface area contributed by atoms with Gasteiger partial charge in [0.05, 0.1) is 7.11 Å². The first-order valence-corrected chi connectivity index (χ1v) is 6.80. The molecule has 0 bridgehead atoms. The van der Waals surface area contributed by atoms with Crippen LogP contribution >= 0.6 is 0 Å². The first kappa shape index (κ1) is 17.2. The van der Waals surface area contributed by atoms with Crippen LogP contribution in [0.15, 0.2) is 0 Å². The van der Waals surface area contributed by atoms with Gasteiger partial charge in [0.2, 0.25) is 0 Å². The molecule has 2 amide bonds. The number of urea groups is 1. The highest BCUT2D eigenvalue weighted by Gasteiger charge is 2.42. The summed E-state index contributed by atoms with van der Waals surface area (Å²) in [5, 5.41) is 14.3. The zero-order valence-corrected chi connectivity index (χ0v) is 12.5. The average molecular weight is 302 g/mol. The van der Waals surface area contributed by atoms with Crippen molar-refractivity contribution >= 4 is 18.0 Å². The van der Waals surface area contributed by atoms with Crippen molar-refractivity contribution in [3.05, 3.63) is 0 Å². The van der Waals surface area contributed by atoms with Crippen LogP contribution in [-0.4, -0.2) is 55.0 Å². The van der Waals surface area contributed by atoms with Crippen molar-refractivity contribution in [2.24, 2.45) is 5.92 Å². The second kappa shape index (κ2) is 7.26. The molecule has 1 aliphatic heterocycles. The van der Waals surface area contributed by atoms with Gasteiger partial charge in [-0.3, -0.25) is 0 Å². The molecule has 21 heavy (non-hydrogen) atoms. The van der Waals surface area contributed by atoms with Gasteiger partial charge in [-0.05, 0) is 5.92 Å². The van der Waals surface area contributed by atoms with Crippen molar-refractivity contribution in [2.45, 2.75) is 38.3 Å². The summed E-state index contributed by atoms with van der Waals surface area (Å²) in [4.78, 5) is 35.0. The zero-order chi connectivity index (χ0) is 16.0. The third-order valence-electron chi connectivity index (χ3n) is 3.52. The van der Waals surface area contributed by atoms with Crippen LogP contribution in [0.25, 0.3) is 0 Å². The van der Waals surface area contributed by atoms with E-state index in [0.717, 1.165) is 0 Å². The molecule has 0 aliphatic carbocycles. The third-order valence-corrected chi connectivity index (χ3v) is 3.52. The predicted molar refractivity (Wildman–Crippen MR) is 72.7 cm³/mol. The minimum absolute atomic E-state index is 0.181. The Kier molecular flexibility index (Phi) is 5.95. The number of carbonyl (C=O) groups is 3. The van der Waals surface area contributed by atoms with Gasteiger partial charge in [-0.15, -0.1) is 0 Å². The van der Waals surface area contributed by atoms with E-state index in [1.54, 1.807) is 13.8 Å². The Hall–Kier alpha value is -1.83. The average Bonchev–Trinajstić information content (AvgIpc) is 2.44. The minimum atomic E-state index is -1.36. The summed E-state index contributed by atoms with van der Waals surface area (Å²) < 4.78 is 9.74. The van der Waals surface area contributed by atoms with E-state index in [1.165, 1.54) is 7.11 Å². The van der Waals surface area contributed by atoms with Crippen LogP contribution < -0.4 is 10.6 Å². The highest BCUT2D eigenvalue weighted by atomic mass is 16.5. The third kappa shape index (κ3) is 4.32. The fourth-order valence-electron chi connectivity index (χ4n) is 2.13. The number of hydrogen-bond acceptors (Lipinski definition) is 5. The first-order valence-electron chi connectivity index (χ1n) is 6.80. The topological polar surface area (TPSA) is 114 Å². The Morgan fingerprint density at radius 2 is 1.81 bits per heavy atom. The number of esters is 1. The lowest BCUT2D eigenvalue weighted by molar-refractivity contribution is -0.148. The molecule has 0 aromatic carbocycles. The van der Waals surface area contributed by atoms with Gasteiger partial charge >= 0.3 is 18.0 Å². The quantitative estimate of drug-likeness (QED) is 0.621. The van der Waals surface area contributed by atoms with Crippen LogP contribution in [0.2, 0.25) is 0 Å². The lowest BCUT2D eigenvalue weighted by atomic mass is 9.90. The molecule has 0 radical (unpaired) electrons. The molecule has 3 N–H and O–H groups in total. The number of carboxylic acids is 1. The van der Waals surface area contributed by atoms with Gasteiger partial charge < -0.3 is 25.2 Å². The number of aliphatic carboxylic acids is 1.